The second-order valence-corrected chi connectivity index (χ2v) is 30.6. The molecule has 6 aromatic rings. The number of ether oxygens (including phenoxy) is 2. The largest absolute Gasteiger partial charge is 0.387 e. The molecule has 2 unspecified atom stereocenters. The number of aliphatic hydroxyl groups excluding tert-OH is 2. The predicted octanol–water partition coefficient (Wildman–Crippen LogP) is 3.83. The number of amides is 4. The van der Waals surface area contributed by atoms with Gasteiger partial charge in [-0.15, -0.1) is 0 Å². The Morgan fingerprint density at radius 3 is 2.28 bits per heavy atom. The van der Waals surface area contributed by atoms with E-state index in [1.807, 2.05) is 68.6 Å². The van der Waals surface area contributed by atoms with Crippen molar-refractivity contribution in [2.75, 3.05) is 55.3 Å². The maximum atomic E-state index is 14.0. The van der Waals surface area contributed by atoms with Crippen molar-refractivity contribution in [3.63, 3.8) is 0 Å². The molecule has 4 fully saturated rings. The van der Waals surface area contributed by atoms with Crippen molar-refractivity contribution in [3.05, 3.63) is 95.3 Å². The number of nitrogens with one attached hydrogen (secondary N) is 3. The van der Waals surface area contributed by atoms with Gasteiger partial charge in [-0.05, 0) is 104 Å². The molecule has 29 nitrogen and oxygen atoms in total. The Hall–Kier alpha value is -7.11. The molecule has 33 heteroatoms. The minimum atomic E-state index is -4.35. The summed E-state index contributed by atoms with van der Waals surface area (Å²) in [4.78, 5) is 130. The quantitative estimate of drug-likeness (QED) is 0.0306. The number of hydrogen-bond acceptors (Lipinski definition) is 23. The molecule has 5 aliphatic heterocycles. The SMILES string of the molecule is CC(C)C[C@H](CC(=O)[C@@H]1CCCN1C(=O)CCC(=O)CNC(=O)CCC(=O)N1Cc2ccccc2C#Cc2ccccc21)C(=O)NCCNc1nc(N)c2ncn([C@@H]3O[C@@H]4COP(O)(=S)O[C@H]5[C@@H](O)[C@H](n6cc7c8c(ncnc86)CCCC7)O[C@@H]5COP(O)(=S)O[C@@H]3[C@@H]4O)c2n1. The number of carbonyl (C=O) groups excluding carboxylic acids is 6. The van der Waals surface area contributed by atoms with Crippen LogP contribution in [-0.2, 0) is 99.3 Å². The zero-order valence-electron chi connectivity index (χ0n) is 52.6. The Bertz CT molecular complexity index is 4150. The first-order chi connectivity index (χ1) is 46.1. The Morgan fingerprint density at radius 1 is 0.760 bits per heavy atom. The van der Waals surface area contributed by atoms with Gasteiger partial charge in [-0.2, -0.15) is 9.97 Å². The maximum absolute atomic E-state index is 14.0. The van der Waals surface area contributed by atoms with Crippen LogP contribution in [0.2, 0.25) is 0 Å². The highest BCUT2D eigenvalue weighted by atomic mass is 32.5. The smallest absolute Gasteiger partial charge is 0.325 e. The van der Waals surface area contributed by atoms with Crippen molar-refractivity contribution in [1.82, 2.24) is 49.6 Å². The van der Waals surface area contributed by atoms with Gasteiger partial charge in [0.2, 0.25) is 29.6 Å². The van der Waals surface area contributed by atoms with Gasteiger partial charge in [-0.25, -0.2) is 15.0 Å². The summed E-state index contributed by atoms with van der Waals surface area (Å²) in [5.74, 6) is 3.35. The number of nitrogens with zero attached hydrogens (tertiary/aromatic N) is 9. The van der Waals surface area contributed by atoms with Crippen LogP contribution in [0.3, 0.4) is 0 Å². The monoisotopic (exact) mass is 1400 g/mol. The normalized spacial score (nSPS) is 26.7. The molecule has 4 amide bonds. The number of nitrogens with two attached hydrogens (primary N) is 1. The number of benzene rings is 2. The van der Waals surface area contributed by atoms with Crippen LogP contribution < -0.4 is 26.6 Å². The molecular weight excluding hydrogens is 1320 g/mol. The number of rotatable bonds is 20. The lowest BCUT2D eigenvalue weighted by Gasteiger charge is -2.28. The summed E-state index contributed by atoms with van der Waals surface area (Å²) in [5, 5.41) is 33.0. The third-order valence-corrected chi connectivity index (χ3v) is 21.0. The Labute approximate surface area is 562 Å². The van der Waals surface area contributed by atoms with E-state index in [9.17, 15) is 48.8 Å². The van der Waals surface area contributed by atoms with Crippen molar-refractivity contribution in [2.45, 2.75) is 153 Å². The number of nitrogen functional groups attached to an aromatic ring is 1. The molecular formula is C63H75N13O16P2S2. The molecule has 0 radical (unpaired) electrons. The van der Waals surface area contributed by atoms with Gasteiger partial charge in [-0.1, -0.05) is 56.0 Å². The number of likely N-dealkylation sites (tertiary alicyclic amines) is 1. The van der Waals surface area contributed by atoms with E-state index in [0.29, 0.717) is 42.7 Å². The zero-order chi connectivity index (χ0) is 67.6. The number of para-hydroxylation sites is 1. The number of imidazole rings is 1. The topological polar surface area (TPSA) is 382 Å². The number of anilines is 3. The van der Waals surface area contributed by atoms with Crippen LogP contribution in [0.5, 0.6) is 0 Å². The molecule has 2 aromatic carbocycles. The summed E-state index contributed by atoms with van der Waals surface area (Å²) in [6, 6.07) is 14.1. The lowest BCUT2D eigenvalue weighted by molar-refractivity contribution is -0.139. The first kappa shape index (κ1) is 68.8. The van der Waals surface area contributed by atoms with Gasteiger partial charge in [0.25, 0.3) is 0 Å². The van der Waals surface area contributed by atoms with Crippen LogP contribution in [0.25, 0.3) is 22.2 Å². The van der Waals surface area contributed by atoms with E-state index in [1.165, 1.54) is 22.1 Å². The summed E-state index contributed by atoms with van der Waals surface area (Å²) >= 11 is 11.0. The predicted molar refractivity (Wildman–Crippen MR) is 354 cm³/mol. The second-order valence-electron chi connectivity index (χ2n) is 25.0. The molecule has 1 aliphatic carbocycles. The van der Waals surface area contributed by atoms with E-state index in [0.717, 1.165) is 53.5 Å². The van der Waals surface area contributed by atoms with Crippen LogP contribution in [0, 0.1) is 23.7 Å². The average molecular weight is 1400 g/mol. The fourth-order valence-electron chi connectivity index (χ4n) is 13.2. The molecule has 4 aromatic heterocycles. The zero-order valence-corrected chi connectivity index (χ0v) is 56.1. The van der Waals surface area contributed by atoms with E-state index in [1.54, 1.807) is 9.47 Å². The van der Waals surface area contributed by atoms with Crippen molar-refractivity contribution < 1.29 is 76.3 Å². The number of aryl methyl sites for hydroxylation is 2. The lowest BCUT2D eigenvalue weighted by Crippen LogP contribution is -2.43. The Balaban J connectivity index is 0.623. The molecule has 9 N–H and O–H groups in total. The summed E-state index contributed by atoms with van der Waals surface area (Å²) in [6.45, 7) is -5.49. The Morgan fingerprint density at radius 2 is 1.48 bits per heavy atom. The van der Waals surface area contributed by atoms with Crippen molar-refractivity contribution in [3.8, 4) is 11.8 Å². The third kappa shape index (κ3) is 15.4. The van der Waals surface area contributed by atoms with Crippen LogP contribution in [0.15, 0.2) is 67.4 Å². The number of hydrogen-bond donors (Lipinski definition) is 8. The fraction of sp³-hybridized carbons (Fsp3) is 0.508. The van der Waals surface area contributed by atoms with Gasteiger partial charge in [0.05, 0.1) is 50.1 Å². The van der Waals surface area contributed by atoms with Crippen LogP contribution in [0.1, 0.15) is 118 Å². The Kier molecular flexibility index (Phi) is 21.2. The van der Waals surface area contributed by atoms with Gasteiger partial charge in [-0.3, -0.25) is 42.4 Å². The van der Waals surface area contributed by atoms with Gasteiger partial charge >= 0.3 is 13.4 Å². The molecule has 0 saturated carbocycles. The minimum absolute atomic E-state index is 0.00115. The van der Waals surface area contributed by atoms with E-state index in [-0.39, 0.29) is 111 Å². The molecule has 12 rings (SSSR count). The molecule has 96 heavy (non-hydrogen) atoms. The molecule has 6 aliphatic rings. The lowest BCUT2D eigenvalue weighted by atomic mass is 9.89. The van der Waals surface area contributed by atoms with Gasteiger partial charge in [0.15, 0.2) is 35.5 Å². The van der Waals surface area contributed by atoms with E-state index < -0.39 is 99.4 Å². The van der Waals surface area contributed by atoms with Crippen molar-refractivity contribution >= 4 is 112 Å². The first-order valence-corrected chi connectivity index (χ1v) is 37.2. The number of carbonyl (C=O) groups is 6. The van der Waals surface area contributed by atoms with Crippen LogP contribution >= 0.6 is 13.4 Å². The molecule has 9 heterocycles. The second kappa shape index (κ2) is 29.5. The summed E-state index contributed by atoms with van der Waals surface area (Å²) in [7, 11) is 0. The standard InChI is InChI=1S/C63H75N13O16P2S2/c1-35(2)26-40(27-45(78)44-16-9-25-73(44)49(80)21-19-41(77)28-67-48(79)20-22-50(81)74-29-38-12-4-3-10-36(38)17-18-37-11-6-8-15-43(37)74)60(84)65-23-24-66-63-71-57(64)52-59(72-63)76(34-70-52)62-56-53(82)46(89-62)31-87-93(85,95)91-55-47(32-88-94(86,96)92-56)90-61(54(55)83)75-30-39-13-5-7-14-42-51(39)58(75)69-33-68-42/h3-4,6,8,10-12,15,30,33-35,40,44,46-47,53-56,61-62,82-83H,5,7,9,13-14,16,19-29,31-32H2,1-2H3,(H,65,84)(H,67,79)(H,85,95)(H,86,96)(H3,64,66,71,72)/t40-,44+,46-,47-,53-,54-,55-,56-,61-,62-,93?,94?/m1/s1. The molecule has 0 spiro atoms. The van der Waals surface area contributed by atoms with Crippen molar-refractivity contribution in [1.29, 1.82) is 0 Å². The summed E-state index contributed by atoms with van der Waals surface area (Å²) < 4.78 is 39.3. The molecule has 510 valence electrons. The average Bonchev–Trinajstić information content (AvgIpc) is 1.60. The highest BCUT2D eigenvalue weighted by Crippen LogP contribution is 2.54. The van der Waals surface area contributed by atoms with Crippen LogP contribution in [0.4, 0.5) is 17.5 Å². The number of aromatic nitrogens is 7. The highest BCUT2D eigenvalue weighted by molar-refractivity contribution is 8.07. The van der Waals surface area contributed by atoms with Gasteiger partial charge < -0.3 is 74.6 Å². The summed E-state index contributed by atoms with van der Waals surface area (Å²) in [5.41, 5.74) is 12.0. The maximum Gasteiger partial charge on any atom is 0.325 e. The minimum Gasteiger partial charge on any atom is -0.387 e. The summed E-state index contributed by atoms with van der Waals surface area (Å²) in [6.07, 6.45) is -2.36. The number of fused-ring (bicyclic) bond motifs is 6. The van der Waals surface area contributed by atoms with E-state index >= 15 is 0 Å². The molecule has 12 atom stereocenters. The van der Waals surface area contributed by atoms with E-state index in [4.69, 9.17) is 56.9 Å². The highest BCUT2D eigenvalue weighted by Gasteiger charge is 2.53. The van der Waals surface area contributed by atoms with Crippen LogP contribution in [-0.4, -0.2) is 176 Å². The van der Waals surface area contributed by atoms with Gasteiger partial charge in [0, 0.05) is 80.4 Å². The number of aliphatic hydroxyl groups is 2. The molecule has 2 bridgehead atoms. The first-order valence-electron chi connectivity index (χ1n) is 32.0. The third-order valence-electron chi connectivity index (χ3n) is 17.9. The van der Waals surface area contributed by atoms with Gasteiger partial charge in [0.1, 0.15) is 54.1 Å². The molecule has 4 saturated heterocycles. The fourth-order valence-corrected chi connectivity index (χ4v) is 16.0. The van der Waals surface area contributed by atoms with E-state index in [2.05, 4.69) is 52.7 Å². The number of ketones is 2. The van der Waals surface area contributed by atoms with Crippen molar-refractivity contribution in [2.24, 2.45) is 11.8 Å². The number of Topliss-reactive ketones (excluding diaryl/α,β-unsaturated/α-hetero) is 2.